The predicted molar refractivity (Wildman–Crippen MR) is 45.7 cm³/mol. The number of hydrogen-bond donors (Lipinski definition) is 1. The van der Waals surface area contributed by atoms with E-state index in [9.17, 15) is 8.42 Å². The van der Waals surface area contributed by atoms with Crippen molar-refractivity contribution >= 4 is 10.0 Å². The molecule has 11 heavy (non-hydrogen) atoms. The smallest absolute Gasteiger partial charge is 0.209 e. The first-order valence-electron chi connectivity index (χ1n) is 3.50. The Morgan fingerprint density at radius 3 is 2.18 bits per heavy atom. The third-order valence-electron chi connectivity index (χ3n) is 1.70. The molecule has 0 aromatic carbocycles. The summed E-state index contributed by atoms with van der Waals surface area (Å²) in [5, 5.41) is 4.84. The van der Waals surface area contributed by atoms with Crippen molar-refractivity contribution in [1.82, 2.24) is 4.90 Å². The molecule has 0 aromatic rings. The molecule has 0 aliphatic carbocycles. The minimum absolute atomic E-state index is 0.0619. The Kier molecular flexibility index (Phi) is 3.99. The molecule has 0 heterocycles. The van der Waals surface area contributed by atoms with Gasteiger partial charge in [-0.25, -0.2) is 13.6 Å². The first kappa shape index (κ1) is 10.9. The molecule has 0 amide bonds. The number of nitrogens with two attached hydrogens (primary N) is 1. The highest BCUT2D eigenvalue weighted by Crippen LogP contribution is 1.98. The van der Waals surface area contributed by atoms with Crippen molar-refractivity contribution in [1.29, 1.82) is 0 Å². The summed E-state index contributed by atoms with van der Waals surface area (Å²) in [7, 11) is 0.542. The van der Waals surface area contributed by atoms with Crippen LogP contribution in [0.25, 0.3) is 0 Å². The van der Waals surface area contributed by atoms with Gasteiger partial charge in [0.2, 0.25) is 10.0 Å². The Hall–Kier alpha value is -0.130. The van der Waals surface area contributed by atoms with Crippen LogP contribution >= 0.6 is 0 Å². The van der Waals surface area contributed by atoms with Crippen molar-refractivity contribution < 1.29 is 8.42 Å². The van der Waals surface area contributed by atoms with Crippen LogP contribution in [0.15, 0.2) is 0 Å². The molecule has 0 aliphatic rings. The van der Waals surface area contributed by atoms with E-state index in [2.05, 4.69) is 0 Å². The van der Waals surface area contributed by atoms with E-state index in [1.165, 1.54) is 0 Å². The fraction of sp³-hybridized carbons (Fsp3) is 1.00. The van der Waals surface area contributed by atoms with Crippen molar-refractivity contribution in [3.05, 3.63) is 0 Å². The van der Waals surface area contributed by atoms with E-state index in [0.29, 0.717) is 6.42 Å². The molecule has 1 atom stereocenters. The van der Waals surface area contributed by atoms with Crippen molar-refractivity contribution in [2.45, 2.75) is 19.4 Å². The lowest BCUT2D eigenvalue weighted by Crippen LogP contribution is -2.28. The van der Waals surface area contributed by atoms with Crippen LogP contribution in [0.3, 0.4) is 0 Å². The first-order valence-corrected chi connectivity index (χ1v) is 5.21. The fourth-order valence-corrected chi connectivity index (χ4v) is 1.26. The van der Waals surface area contributed by atoms with Crippen LogP contribution in [-0.4, -0.2) is 39.2 Å². The van der Waals surface area contributed by atoms with Crippen LogP contribution in [-0.2, 0) is 10.0 Å². The van der Waals surface area contributed by atoms with E-state index in [1.807, 2.05) is 25.9 Å². The highest BCUT2D eigenvalue weighted by Gasteiger charge is 2.08. The summed E-state index contributed by atoms with van der Waals surface area (Å²) in [4.78, 5) is 1.96. The van der Waals surface area contributed by atoms with Gasteiger partial charge >= 0.3 is 0 Å². The summed E-state index contributed by atoms with van der Waals surface area (Å²) < 4.78 is 21.0. The fourth-order valence-electron chi connectivity index (χ4n) is 0.593. The second-order valence-electron chi connectivity index (χ2n) is 2.97. The lowest BCUT2D eigenvalue weighted by Gasteiger charge is -2.18. The second-order valence-corrected chi connectivity index (χ2v) is 4.70. The number of nitrogens with zero attached hydrogens (tertiary/aromatic N) is 1. The van der Waals surface area contributed by atoms with Crippen LogP contribution < -0.4 is 5.14 Å². The Bertz CT molecular complexity index is 199. The third kappa shape index (κ3) is 6.28. The van der Waals surface area contributed by atoms with Gasteiger partial charge in [0.25, 0.3) is 0 Å². The van der Waals surface area contributed by atoms with E-state index < -0.39 is 10.0 Å². The number of hydrogen-bond acceptors (Lipinski definition) is 3. The molecular weight excluding hydrogens is 164 g/mol. The molecule has 4 nitrogen and oxygen atoms in total. The molecule has 0 bridgehead atoms. The molecule has 2 N–H and O–H groups in total. The summed E-state index contributed by atoms with van der Waals surface area (Å²) in [5.41, 5.74) is 0. The first-order chi connectivity index (χ1) is 4.83. The molecule has 0 fully saturated rings. The van der Waals surface area contributed by atoms with Crippen molar-refractivity contribution in [3.8, 4) is 0 Å². The summed E-state index contributed by atoms with van der Waals surface area (Å²) >= 11 is 0. The Labute approximate surface area is 68.4 Å². The molecule has 0 aliphatic heterocycles. The van der Waals surface area contributed by atoms with Crippen LogP contribution in [0.4, 0.5) is 0 Å². The lowest BCUT2D eigenvalue weighted by atomic mass is 10.2. The van der Waals surface area contributed by atoms with Crippen LogP contribution in [0.2, 0.25) is 0 Å². The zero-order valence-electron chi connectivity index (χ0n) is 7.24. The second kappa shape index (κ2) is 4.04. The standard InChI is InChI=1S/C6H16N2O2S/c1-6(8(2)3)4-5-11(7,9)10/h6H,4-5H2,1-3H3,(H2,7,9,10). The van der Waals surface area contributed by atoms with Crippen molar-refractivity contribution in [2.24, 2.45) is 5.14 Å². The molecule has 0 rings (SSSR count). The number of primary sulfonamides is 1. The third-order valence-corrected chi connectivity index (χ3v) is 2.51. The van der Waals surface area contributed by atoms with Gasteiger partial charge in [0.05, 0.1) is 5.75 Å². The van der Waals surface area contributed by atoms with E-state index in [-0.39, 0.29) is 11.8 Å². The van der Waals surface area contributed by atoms with Gasteiger partial charge in [-0.3, -0.25) is 0 Å². The largest absolute Gasteiger partial charge is 0.307 e. The molecule has 0 radical (unpaired) electrons. The van der Waals surface area contributed by atoms with Gasteiger partial charge in [-0.05, 0) is 27.4 Å². The van der Waals surface area contributed by atoms with Crippen LogP contribution in [0.5, 0.6) is 0 Å². The predicted octanol–water partition coefficient (Wildman–Crippen LogP) is -0.385. The maximum atomic E-state index is 10.5. The maximum absolute atomic E-state index is 10.5. The Morgan fingerprint density at radius 2 is 1.91 bits per heavy atom. The van der Waals surface area contributed by atoms with E-state index in [0.717, 1.165) is 0 Å². The Morgan fingerprint density at radius 1 is 1.45 bits per heavy atom. The number of rotatable bonds is 4. The molecular formula is C6H16N2O2S. The highest BCUT2D eigenvalue weighted by atomic mass is 32.2. The quantitative estimate of drug-likeness (QED) is 0.641. The van der Waals surface area contributed by atoms with E-state index >= 15 is 0 Å². The zero-order valence-corrected chi connectivity index (χ0v) is 8.06. The van der Waals surface area contributed by atoms with Crippen molar-refractivity contribution in [3.63, 3.8) is 0 Å². The molecule has 68 valence electrons. The van der Waals surface area contributed by atoms with Crippen molar-refractivity contribution in [2.75, 3.05) is 19.8 Å². The van der Waals surface area contributed by atoms with Gasteiger partial charge in [-0.1, -0.05) is 0 Å². The SMILES string of the molecule is CC(CCS(N)(=O)=O)N(C)C. The summed E-state index contributed by atoms with van der Waals surface area (Å²) in [6.45, 7) is 1.96. The van der Waals surface area contributed by atoms with Gasteiger partial charge in [-0.2, -0.15) is 0 Å². The number of sulfonamides is 1. The molecule has 5 heteroatoms. The van der Waals surface area contributed by atoms with Crippen LogP contribution in [0.1, 0.15) is 13.3 Å². The Balaban J connectivity index is 3.72. The summed E-state index contributed by atoms with van der Waals surface area (Å²) in [6, 6.07) is 0.258. The molecule has 1 unspecified atom stereocenters. The average molecular weight is 180 g/mol. The molecule has 0 saturated heterocycles. The van der Waals surface area contributed by atoms with Gasteiger partial charge < -0.3 is 4.90 Å². The highest BCUT2D eigenvalue weighted by molar-refractivity contribution is 7.89. The van der Waals surface area contributed by atoms with E-state index in [4.69, 9.17) is 5.14 Å². The average Bonchev–Trinajstić information content (AvgIpc) is 1.80. The van der Waals surface area contributed by atoms with Gasteiger partial charge in [0.1, 0.15) is 0 Å². The minimum Gasteiger partial charge on any atom is -0.307 e. The minimum atomic E-state index is -3.28. The van der Waals surface area contributed by atoms with Crippen LogP contribution in [0, 0.1) is 0 Å². The maximum Gasteiger partial charge on any atom is 0.209 e. The van der Waals surface area contributed by atoms with Gasteiger partial charge in [0.15, 0.2) is 0 Å². The summed E-state index contributed by atoms with van der Waals surface area (Å²) in [5.74, 6) is 0.0619. The topological polar surface area (TPSA) is 63.4 Å². The molecule has 0 saturated carbocycles. The normalized spacial score (nSPS) is 15.4. The van der Waals surface area contributed by atoms with Gasteiger partial charge in [0, 0.05) is 6.04 Å². The molecule has 0 aromatic heterocycles. The van der Waals surface area contributed by atoms with E-state index in [1.54, 1.807) is 0 Å². The lowest BCUT2D eigenvalue weighted by molar-refractivity contribution is 0.307. The van der Waals surface area contributed by atoms with Gasteiger partial charge in [-0.15, -0.1) is 0 Å². The molecule has 0 spiro atoms. The summed E-state index contributed by atoms with van der Waals surface area (Å²) in [6.07, 6.45) is 0.589. The zero-order chi connectivity index (χ0) is 9.07. The monoisotopic (exact) mass is 180 g/mol.